The molecule has 0 aliphatic carbocycles. The molecule has 0 spiro atoms. The van der Waals surface area contributed by atoms with Crippen molar-refractivity contribution < 1.29 is 4.79 Å². The zero-order valence-corrected chi connectivity index (χ0v) is 10.7. The first-order valence-electron chi connectivity index (χ1n) is 4.68. The normalized spacial score (nSPS) is 10.1. The molecule has 0 aliphatic rings. The second-order valence-corrected chi connectivity index (χ2v) is 4.90. The number of rotatable bonds is 3. The summed E-state index contributed by atoms with van der Waals surface area (Å²) in [4.78, 5) is 15.7. The summed E-state index contributed by atoms with van der Waals surface area (Å²) < 4.78 is 0.948. The molecule has 0 saturated carbocycles. The average molecular weight is 297 g/mol. The Balaban J connectivity index is 2.00. The average Bonchev–Trinajstić information content (AvgIpc) is 2.74. The van der Waals surface area contributed by atoms with Crippen molar-refractivity contribution >= 4 is 38.3 Å². The van der Waals surface area contributed by atoms with Crippen LogP contribution in [-0.2, 0) is 11.2 Å². The number of benzene rings is 1. The molecule has 82 valence electrons. The summed E-state index contributed by atoms with van der Waals surface area (Å²) in [6, 6.07) is 7.68. The molecule has 0 radical (unpaired) electrons. The molecule has 2 aromatic rings. The van der Waals surface area contributed by atoms with Crippen LogP contribution in [0.1, 0.15) is 5.56 Å². The van der Waals surface area contributed by atoms with E-state index in [1.165, 1.54) is 11.3 Å². The molecular formula is C11H9BrN2OS. The first kappa shape index (κ1) is 11.3. The van der Waals surface area contributed by atoms with Gasteiger partial charge in [0.25, 0.3) is 0 Å². The molecule has 0 fully saturated rings. The highest BCUT2D eigenvalue weighted by Gasteiger charge is 2.07. The minimum absolute atomic E-state index is 0.0538. The second-order valence-electron chi connectivity index (χ2n) is 3.15. The molecule has 5 heteroatoms. The van der Waals surface area contributed by atoms with Gasteiger partial charge in [-0.15, -0.1) is 11.3 Å². The minimum atomic E-state index is -0.0538. The first-order chi connectivity index (χ1) is 7.75. The Kier molecular flexibility index (Phi) is 3.69. The summed E-state index contributed by atoms with van der Waals surface area (Å²) >= 11 is 4.82. The van der Waals surface area contributed by atoms with Crippen LogP contribution in [0.5, 0.6) is 0 Å². The maximum absolute atomic E-state index is 11.7. The number of thiazole rings is 1. The van der Waals surface area contributed by atoms with Gasteiger partial charge in [0.15, 0.2) is 5.13 Å². The third-order valence-electron chi connectivity index (χ3n) is 1.99. The fraction of sp³-hybridized carbons (Fsp3) is 0.0909. The van der Waals surface area contributed by atoms with Crippen molar-refractivity contribution in [2.75, 3.05) is 5.32 Å². The van der Waals surface area contributed by atoms with Crippen molar-refractivity contribution in [1.29, 1.82) is 0 Å². The fourth-order valence-electron chi connectivity index (χ4n) is 1.26. The summed E-state index contributed by atoms with van der Waals surface area (Å²) in [6.07, 6.45) is 2.01. The van der Waals surface area contributed by atoms with Crippen LogP contribution in [0.3, 0.4) is 0 Å². The molecule has 1 aromatic carbocycles. The second kappa shape index (κ2) is 5.23. The van der Waals surface area contributed by atoms with Crippen LogP contribution in [0, 0.1) is 0 Å². The van der Waals surface area contributed by atoms with E-state index in [0.29, 0.717) is 11.6 Å². The smallest absolute Gasteiger partial charge is 0.230 e. The van der Waals surface area contributed by atoms with Crippen LogP contribution in [0.4, 0.5) is 5.13 Å². The Bertz CT molecular complexity index is 484. The van der Waals surface area contributed by atoms with Crippen molar-refractivity contribution in [1.82, 2.24) is 4.98 Å². The van der Waals surface area contributed by atoms with Gasteiger partial charge in [-0.3, -0.25) is 4.79 Å². The predicted molar refractivity (Wildman–Crippen MR) is 68.6 cm³/mol. The molecule has 1 amide bonds. The largest absolute Gasteiger partial charge is 0.302 e. The lowest BCUT2D eigenvalue weighted by Gasteiger charge is -2.03. The number of anilines is 1. The third-order valence-corrected chi connectivity index (χ3v) is 3.45. The SMILES string of the molecule is O=C(Cc1ccccc1Br)Nc1nccs1. The lowest BCUT2D eigenvalue weighted by Crippen LogP contribution is -2.14. The fourth-order valence-corrected chi connectivity index (χ4v) is 2.23. The first-order valence-corrected chi connectivity index (χ1v) is 6.36. The Labute approximate surface area is 106 Å². The van der Waals surface area contributed by atoms with Gasteiger partial charge in [0, 0.05) is 16.0 Å². The number of hydrogen-bond donors (Lipinski definition) is 1. The van der Waals surface area contributed by atoms with E-state index in [-0.39, 0.29) is 5.91 Å². The van der Waals surface area contributed by atoms with Gasteiger partial charge in [-0.25, -0.2) is 4.98 Å². The van der Waals surface area contributed by atoms with Gasteiger partial charge in [0.05, 0.1) is 6.42 Å². The highest BCUT2D eigenvalue weighted by Crippen LogP contribution is 2.17. The molecule has 3 nitrogen and oxygen atoms in total. The van der Waals surface area contributed by atoms with Gasteiger partial charge in [-0.1, -0.05) is 34.1 Å². The van der Waals surface area contributed by atoms with E-state index < -0.39 is 0 Å². The van der Waals surface area contributed by atoms with Crippen LogP contribution in [-0.4, -0.2) is 10.9 Å². The van der Waals surface area contributed by atoms with Gasteiger partial charge in [0.2, 0.25) is 5.91 Å². The van der Waals surface area contributed by atoms with Gasteiger partial charge in [-0.05, 0) is 11.6 Å². The summed E-state index contributed by atoms with van der Waals surface area (Å²) in [5, 5.41) is 5.21. The molecule has 0 bridgehead atoms. The van der Waals surface area contributed by atoms with Crippen molar-refractivity contribution in [3.8, 4) is 0 Å². The molecule has 1 heterocycles. The van der Waals surface area contributed by atoms with Gasteiger partial charge >= 0.3 is 0 Å². The Hall–Kier alpha value is -1.20. The van der Waals surface area contributed by atoms with Crippen LogP contribution in [0.25, 0.3) is 0 Å². The van der Waals surface area contributed by atoms with Crippen molar-refractivity contribution in [2.45, 2.75) is 6.42 Å². The van der Waals surface area contributed by atoms with Crippen LogP contribution in [0.2, 0.25) is 0 Å². The van der Waals surface area contributed by atoms with Crippen molar-refractivity contribution in [2.24, 2.45) is 0 Å². The summed E-state index contributed by atoms with van der Waals surface area (Å²) in [5.74, 6) is -0.0538. The van der Waals surface area contributed by atoms with Crippen LogP contribution < -0.4 is 5.32 Å². The summed E-state index contributed by atoms with van der Waals surface area (Å²) in [7, 11) is 0. The van der Waals surface area contributed by atoms with Gasteiger partial charge in [0.1, 0.15) is 0 Å². The molecule has 0 unspecified atom stereocenters. The van der Waals surface area contributed by atoms with Crippen molar-refractivity contribution in [3.05, 3.63) is 45.9 Å². The number of nitrogens with one attached hydrogen (secondary N) is 1. The highest BCUT2D eigenvalue weighted by atomic mass is 79.9. The number of halogens is 1. The Morgan fingerprint density at radius 1 is 1.44 bits per heavy atom. The Morgan fingerprint density at radius 3 is 2.94 bits per heavy atom. The molecule has 1 N–H and O–H groups in total. The van der Waals surface area contributed by atoms with E-state index in [4.69, 9.17) is 0 Å². The van der Waals surface area contributed by atoms with Crippen LogP contribution >= 0.6 is 27.3 Å². The van der Waals surface area contributed by atoms with E-state index in [1.807, 2.05) is 29.6 Å². The van der Waals surface area contributed by atoms with Crippen molar-refractivity contribution in [3.63, 3.8) is 0 Å². The molecular weight excluding hydrogens is 288 g/mol. The predicted octanol–water partition coefficient (Wildman–Crippen LogP) is 3.09. The lowest BCUT2D eigenvalue weighted by atomic mass is 10.1. The van der Waals surface area contributed by atoms with E-state index in [1.54, 1.807) is 6.20 Å². The van der Waals surface area contributed by atoms with Crippen LogP contribution in [0.15, 0.2) is 40.3 Å². The Morgan fingerprint density at radius 2 is 2.25 bits per heavy atom. The molecule has 1 aromatic heterocycles. The van der Waals surface area contributed by atoms with E-state index in [0.717, 1.165) is 10.0 Å². The summed E-state index contributed by atoms with van der Waals surface area (Å²) in [5.41, 5.74) is 0.969. The maximum Gasteiger partial charge on any atom is 0.230 e. The monoisotopic (exact) mass is 296 g/mol. The molecule has 2 rings (SSSR count). The zero-order chi connectivity index (χ0) is 11.4. The maximum atomic E-state index is 11.7. The number of carbonyl (C=O) groups excluding carboxylic acids is 1. The zero-order valence-electron chi connectivity index (χ0n) is 8.31. The number of hydrogen-bond acceptors (Lipinski definition) is 3. The molecule has 0 aliphatic heterocycles. The topological polar surface area (TPSA) is 42.0 Å². The number of amides is 1. The van der Waals surface area contributed by atoms with Gasteiger partial charge in [-0.2, -0.15) is 0 Å². The number of carbonyl (C=O) groups is 1. The number of aromatic nitrogens is 1. The molecule has 0 saturated heterocycles. The highest BCUT2D eigenvalue weighted by molar-refractivity contribution is 9.10. The van der Waals surface area contributed by atoms with Gasteiger partial charge < -0.3 is 5.32 Å². The van der Waals surface area contributed by atoms with E-state index in [9.17, 15) is 4.79 Å². The van der Waals surface area contributed by atoms with E-state index >= 15 is 0 Å². The third kappa shape index (κ3) is 2.90. The minimum Gasteiger partial charge on any atom is -0.302 e. The number of nitrogens with zero attached hydrogens (tertiary/aromatic N) is 1. The molecule has 0 atom stereocenters. The standard InChI is InChI=1S/C11H9BrN2OS/c12-9-4-2-1-3-8(9)7-10(15)14-11-13-5-6-16-11/h1-6H,7H2,(H,13,14,15). The lowest BCUT2D eigenvalue weighted by molar-refractivity contribution is -0.115. The van der Waals surface area contributed by atoms with E-state index in [2.05, 4.69) is 26.2 Å². The summed E-state index contributed by atoms with van der Waals surface area (Å²) in [6.45, 7) is 0. The quantitative estimate of drug-likeness (QED) is 0.946. The molecule has 16 heavy (non-hydrogen) atoms.